The quantitative estimate of drug-likeness (QED) is 0.504. The minimum Gasteiger partial charge on any atom is -0.466 e. The zero-order valence-corrected chi connectivity index (χ0v) is 12.3. The first-order chi connectivity index (χ1) is 9.66. The molecule has 0 aliphatic carbocycles. The Kier molecular flexibility index (Phi) is 5.35. The van der Waals surface area contributed by atoms with E-state index in [-0.39, 0.29) is 6.79 Å². The van der Waals surface area contributed by atoms with E-state index < -0.39 is 0 Å². The molecule has 0 amide bonds. The Morgan fingerprint density at radius 1 is 1.15 bits per heavy atom. The van der Waals surface area contributed by atoms with Gasteiger partial charge in [0.2, 0.25) is 0 Å². The van der Waals surface area contributed by atoms with Crippen LogP contribution < -0.4 is 10.5 Å². The summed E-state index contributed by atoms with van der Waals surface area (Å²) < 4.78 is 10.9. The van der Waals surface area contributed by atoms with Crippen molar-refractivity contribution in [2.75, 3.05) is 6.79 Å². The average molecular weight is 308 g/mol. The first-order valence-corrected chi connectivity index (χ1v) is 6.79. The van der Waals surface area contributed by atoms with E-state index in [1.165, 1.54) is 0 Å². The van der Waals surface area contributed by atoms with Crippen molar-refractivity contribution in [1.82, 2.24) is 0 Å². The van der Waals surface area contributed by atoms with Gasteiger partial charge in [0, 0.05) is 5.56 Å². The molecule has 104 valence electrons. The van der Waals surface area contributed by atoms with Crippen LogP contribution >= 0.6 is 23.8 Å². The second-order valence-corrected chi connectivity index (χ2v) is 4.95. The zero-order chi connectivity index (χ0) is 14.4. The van der Waals surface area contributed by atoms with Crippen LogP contribution in [0.25, 0.3) is 0 Å². The number of nitrogens with two attached hydrogens (primary N) is 1. The molecule has 0 unspecified atom stereocenters. The molecule has 3 nitrogen and oxygen atoms in total. The minimum atomic E-state index is 0.126. The van der Waals surface area contributed by atoms with Crippen LogP contribution in [0.5, 0.6) is 5.75 Å². The molecule has 0 saturated carbocycles. The Bertz CT molecular complexity index is 590. The van der Waals surface area contributed by atoms with Crippen molar-refractivity contribution in [2.45, 2.75) is 6.61 Å². The third-order valence-electron chi connectivity index (χ3n) is 2.63. The Hall–Kier alpha value is -1.62. The summed E-state index contributed by atoms with van der Waals surface area (Å²) in [6.07, 6.45) is 0. The topological polar surface area (TPSA) is 44.5 Å². The van der Waals surface area contributed by atoms with E-state index in [2.05, 4.69) is 0 Å². The van der Waals surface area contributed by atoms with Gasteiger partial charge in [-0.05, 0) is 23.8 Å². The van der Waals surface area contributed by atoms with Gasteiger partial charge in [-0.15, -0.1) is 0 Å². The van der Waals surface area contributed by atoms with Crippen LogP contribution in [0.2, 0.25) is 5.02 Å². The van der Waals surface area contributed by atoms with Crippen molar-refractivity contribution in [1.29, 1.82) is 0 Å². The molecule has 0 spiro atoms. The van der Waals surface area contributed by atoms with Gasteiger partial charge < -0.3 is 15.2 Å². The molecule has 2 N–H and O–H groups in total. The molecule has 5 heteroatoms. The zero-order valence-electron chi connectivity index (χ0n) is 10.7. The predicted octanol–water partition coefficient (Wildman–Crippen LogP) is 3.53. The number of rotatable bonds is 6. The van der Waals surface area contributed by atoms with E-state index in [0.717, 1.165) is 5.56 Å². The second kappa shape index (κ2) is 7.24. The lowest BCUT2D eigenvalue weighted by atomic mass is 10.2. The predicted molar refractivity (Wildman–Crippen MR) is 84.1 cm³/mol. The van der Waals surface area contributed by atoms with Gasteiger partial charge in [0.05, 0.1) is 11.6 Å². The van der Waals surface area contributed by atoms with Crippen molar-refractivity contribution in [3.63, 3.8) is 0 Å². The lowest BCUT2D eigenvalue weighted by Crippen LogP contribution is -2.09. The molecule has 0 atom stereocenters. The number of thiocarbonyl (C=S) groups is 1. The smallest absolute Gasteiger partial charge is 0.189 e. The van der Waals surface area contributed by atoms with Crippen LogP contribution in [-0.2, 0) is 11.3 Å². The van der Waals surface area contributed by atoms with Crippen molar-refractivity contribution in [3.05, 3.63) is 64.7 Å². The summed E-state index contributed by atoms with van der Waals surface area (Å²) in [5.41, 5.74) is 7.33. The van der Waals surface area contributed by atoms with Gasteiger partial charge in [-0.2, -0.15) is 0 Å². The van der Waals surface area contributed by atoms with E-state index >= 15 is 0 Å². The van der Waals surface area contributed by atoms with Crippen LogP contribution in [0.1, 0.15) is 11.1 Å². The molecular formula is C15H14ClNO2S. The number of ether oxygens (including phenoxy) is 2. The van der Waals surface area contributed by atoms with Crippen LogP contribution in [0.4, 0.5) is 0 Å². The fraction of sp³-hybridized carbons (Fsp3) is 0.133. The van der Waals surface area contributed by atoms with Gasteiger partial charge in [-0.3, -0.25) is 0 Å². The third kappa shape index (κ3) is 4.20. The number of benzene rings is 2. The van der Waals surface area contributed by atoms with Gasteiger partial charge in [0.25, 0.3) is 0 Å². The summed E-state index contributed by atoms with van der Waals surface area (Å²) >= 11 is 11.0. The monoisotopic (exact) mass is 307 g/mol. The summed E-state index contributed by atoms with van der Waals surface area (Å²) in [7, 11) is 0. The average Bonchev–Trinajstić information content (AvgIpc) is 2.46. The Labute approximate surface area is 128 Å². The van der Waals surface area contributed by atoms with Crippen LogP contribution in [0, 0.1) is 0 Å². The molecule has 0 heterocycles. The van der Waals surface area contributed by atoms with Crippen LogP contribution in [0.3, 0.4) is 0 Å². The normalized spacial score (nSPS) is 10.2. The van der Waals surface area contributed by atoms with Crippen molar-refractivity contribution >= 4 is 28.8 Å². The maximum absolute atomic E-state index is 6.07. The van der Waals surface area contributed by atoms with Gasteiger partial charge >= 0.3 is 0 Å². The maximum Gasteiger partial charge on any atom is 0.189 e. The number of halogens is 1. The summed E-state index contributed by atoms with van der Waals surface area (Å²) in [6.45, 7) is 0.616. The molecule has 0 fully saturated rings. The largest absolute Gasteiger partial charge is 0.466 e. The molecule has 0 saturated heterocycles. The first kappa shape index (κ1) is 14.8. The van der Waals surface area contributed by atoms with Gasteiger partial charge in [0.15, 0.2) is 6.79 Å². The van der Waals surface area contributed by atoms with E-state index in [4.69, 9.17) is 39.0 Å². The highest BCUT2D eigenvalue weighted by molar-refractivity contribution is 7.80. The summed E-state index contributed by atoms with van der Waals surface area (Å²) in [4.78, 5) is 0.304. The fourth-order valence-corrected chi connectivity index (χ4v) is 1.97. The van der Waals surface area contributed by atoms with Crippen molar-refractivity contribution in [2.24, 2.45) is 5.73 Å². The van der Waals surface area contributed by atoms with Gasteiger partial charge in [-0.25, -0.2) is 0 Å². The van der Waals surface area contributed by atoms with Crippen molar-refractivity contribution < 1.29 is 9.47 Å². The lowest BCUT2D eigenvalue weighted by Gasteiger charge is -2.09. The summed E-state index contributed by atoms with van der Waals surface area (Å²) in [6, 6.07) is 15.0. The molecular weight excluding hydrogens is 294 g/mol. The number of hydrogen-bond donors (Lipinski definition) is 1. The highest BCUT2D eigenvalue weighted by atomic mass is 35.5. The molecule has 20 heavy (non-hydrogen) atoms. The van der Waals surface area contributed by atoms with E-state index in [1.807, 2.05) is 30.3 Å². The maximum atomic E-state index is 6.07. The lowest BCUT2D eigenvalue weighted by molar-refractivity contribution is 0.00510. The fourth-order valence-electron chi connectivity index (χ4n) is 1.61. The van der Waals surface area contributed by atoms with Crippen LogP contribution in [-0.4, -0.2) is 11.8 Å². The summed E-state index contributed by atoms with van der Waals surface area (Å²) in [5, 5.41) is 0.457. The first-order valence-electron chi connectivity index (χ1n) is 6.00. The number of hydrogen-bond acceptors (Lipinski definition) is 3. The van der Waals surface area contributed by atoms with Gasteiger partial charge in [0.1, 0.15) is 10.7 Å². The minimum absolute atomic E-state index is 0.126. The molecule has 0 aliphatic heterocycles. The molecule has 0 aromatic heterocycles. The molecule has 0 aliphatic rings. The van der Waals surface area contributed by atoms with E-state index in [0.29, 0.717) is 27.9 Å². The highest BCUT2D eigenvalue weighted by Gasteiger charge is 2.04. The Balaban J connectivity index is 1.84. The molecule has 2 rings (SSSR count). The SMILES string of the molecule is NC(=S)c1ccc(OCOCc2ccccc2)c(Cl)c1. The molecule has 2 aromatic carbocycles. The van der Waals surface area contributed by atoms with Crippen LogP contribution in [0.15, 0.2) is 48.5 Å². The molecule has 2 aromatic rings. The molecule has 0 radical (unpaired) electrons. The van der Waals surface area contributed by atoms with Gasteiger partial charge in [-0.1, -0.05) is 54.2 Å². The summed E-state index contributed by atoms with van der Waals surface area (Å²) in [5.74, 6) is 0.541. The Morgan fingerprint density at radius 3 is 2.55 bits per heavy atom. The van der Waals surface area contributed by atoms with Crippen molar-refractivity contribution in [3.8, 4) is 5.75 Å². The molecule has 0 bridgehead atoms. The Morgan fingerprint density at radius 2 is 1.90 bits per heavy atom. The highest BCUT2D eigenvalue weighted by Crippen LogP contribution is 2.25. The van der Waals surface area contributed by atoms with E-state index in [1.54, 1.807) is 18.2 Å². The standard InChI is InChI=1S/C15H14ClNO2S/c16-13-8-12(15(17)20)6-7-14(13)19-10-18-9-11-4-2-1-3-5-11/h1-8H,9-10H2,(H2,17,20). The van der Waals surface area contributed by atoms with E-state index in [9.17, 15) is 0 Å². The second-order valence-electron chi connectivity index (χ2n) is 4.11. The third-order valence-corrected chi connectivity index (χ3v) is 3.16.